The zero-order valence-corrected chi connectivity index (χ0v) is 12.2. The van der Waals surface area contributed by atoms with E-state index in [1.165, 1.54) is 36.4 Å². The Kier molecular flexibility index (Phi) is 4.68. The molecule has 0 fully saturated rings. The summed E-state index contributed by atoms with van der Waals surface area (Å²) in [5.41, 5.74) is -0.526. The van der Waals surface area contributed by atoms with Gasteiger partial charge in [0.25, 0.3) is 0 Å². The minimum Gasteiger partial charge on any atom is -0.388 e. The van der Waals surface area contributed by atoms with Crippen molar-refractivity contribution in [1.82, 2.24) is 0 Å². The van der Waals surface area contributed by atoms with Crippen molar-refractivity contribution < 1.29 is 22.7 Å². The van der Waals surface area contributed by atoms with E-state index in [1.54, 1.807) is 0 Å². The third-order valence-electron chi connectivity index (χ3n) is 3.02. The van der Waals surface area contributed by atoms with E-state index >= 15 is 0 Å². The summed E-state index contributed by atoms with van der Waals surface area (Å²) >= 11 is 2.99. The molecule has 1 atom stereocenters. The Morgan fingerprint density at radius 2 is 1.67 bits per heavy atom. The Labute approximate surface area is 127 Å². The predicted molar refractivity (Wildman–Crippen MR) is 74.2 cm³/mol. The topological polar surface area (TPSA) is 20.2 Å². The van der Waals surface area contributed by atoms with Gasteiger partial charge in [0.15, 0.2) is 0 Å². The monoisotopic (exact) mass is 362 g/mol. The van der Waals surface area contributed by atoms with Crippen LogP contribution in [-0.4, -0.2) is 5.11 Å². The number of alkyl halides is 3. The first-order chi connectivity index (χ1) is 9.77. The third-order valence-corrected chi connectivity index (χ3v) is 3.52. The summed E-state index contributed by atoms with van der Waals surface area (Å²) in [4.78, 5) is 0. The van der Waals surface area contributed by atoms with Gasteiger partial charge in [-0.05, 0) is 35.4 Å². The van der Waals surface area contributed by atoms with E-state index in [4.69, 9.17) is 0 Å². The molecule has 0 aliphatic heterocycles. The first kappa shape index (κ1) is 16.0. The van der Waals surface area contributed by atoms with Gasteiger partial charge in [0, 0.05) is 10.9 Å². The number of aliphatic hydroxyl groups is 1. The van der Waals surface area contributed by atoms with Crippen LogP contribution in [0.3, 0.4) is 0 Å². The number of halogens is 5. The van der Waals surface area contributed by atoms with Gasteiger partial charge in [-0.25, -0.2) is 4.39 Å². The highest BCUT2D eigenvalue weighted by Crippen LogP contribution is 2.37. The van der Waals surface area contributed by atoms with Gasteiger partial charge in [0.2, 0.25) is 0 Å². The fourth-order valence-electron chi connectivity index (χ4n) is 2.02. The lowest BCUT2D eigenvalue weighted by atomic mass is 9.97. The molecule has 112 valence electrons. The Morgan fingerprint density at radius 3 is 2.24 bits per heavy atom. The van der Waals surface area contributed by atoms with Crippen molar-refractivity contribution in [1.29, 1.82) is 0 Å². The second kappa shape index (κ2) is 6.15. The molecule has 0 bridgehead atoms. The normalized spacial score (nSPS) is 13.2. The summed E-state index contributed by atoms with van der Waals surface area (Å²) in [6, 6.07) is 8.89. The van der Waals surface area contributed by atoms with Gasteiger partial charge in [-0.2, -0.15) is 13.2 Å². The van der Waals surface area contributed by atoms with Crippen LogP contribution >= 0.6 is 15.9 Å². The van der Waals surface area contributed by atoms with Gasteiger partial charge in [-0.15, -0.1) is 0 Å². The molecule has 0 aromatic heterocycles. The summed E-state index contributed by atoms with van der Waals surface area (Å²) < 4.78 is 52.1. The number of hydrogen-bond donors (Lipinski definition) is 1. The quantitative estimate of drug-likeness (QED) is 0.771. The number of hydrogen-bond acceptors (Lipinski definition) is 1. The molecule has 0 amide bonds. The second-order valence-electron chi connectivity index (χ2n) is 4.58. The van der Waals surface area contributed by atoms with Crippen LogP contribution in [0.1, 0.15) is 22.8 Å². The van der Waals surface area contributed by atoms with E-state index in [9.17, 15) is 22.7 Å². The van der Waals surface area contributed by atoms with Gasteiger partial charge in [-0.3, -0.25) is 0 Å². The van der Waals surface area contributed by atoms with Crippen molar-refractivity contribution in [2.75, 3.05) is 0 Å². The summed E-state index contributed by atoms with van der Waals surface area (Å²) in [6.45, 7) is 0. The number of aliphatic hydroxyl groups excluding tert-OH is 1. The minimum absolute atomic E-state index is 0.0228. The van der Waals surface area contributed by atoms with E-state index in [-0.39, 0.29) is 16.5 Å². The number of rotatable bonds is 3. The molecule has 0 aliphatic carbocycles. The molecular weight excluding hydrogens is 352 g/mol. The highest BCUT2D eigenvalue weighted by molar-refractivity contribution is 9.10. The smallest absolute Gasteiger partial charge is 0.388 e. The Balaban J connectivity index is 2.30. The van der Waals surface area contributed by atoms with Crippen LogP contribution in [0.25, 0.3) is 0 Å². The molecule has 2 rings (SSSR count). The molecule has 6 heteroatoms. The maximum Gasteiger partial charge on any atom is 0.416 e. The fraction of sp³-hybridized carbons (Fsp3) is 0.200. The average molecular weight is 363 g/mol. The molecule has 0 aliphatic rings. The van der Waals surface area contributed by atoms with Crippen LogP contribution in [0.2, 0.25) is 0 Å². The zero-order chi connectivity index (χ0) is 15.6. The van der Waals surface area contributed by atoms with Crippen LogP contribution in [0.5, 0.6) is 0 Å². The van der Waals surface area contributed by atoms with Crippen molar-refractivity contribution in [3.63, 3.8) is 0 Å². The summed E-state index contributed by atoms with van der Waals surface area (Å²) in [7, 11) is 0. The Morgan fingerprint density at radius 1 is 1.05 bits per heavy atom. The van der Waals surface area contributed by atoms with E-state index in [0.29, 0.717) is 5.56 Å². The fourth-order valence-corrected chi connectivity index (χ4v) is 2.38. The van der Waals surface area contributed by atoms with Crippen molar-refractivity contribution >= 4 is 15.9 Å². The van der Waals surface area contributed by atoms with Crippen LogP contribution in [0, 0.1) is 5.82 Å². The zero-order valence-electron chi connectivity index (χ0n) is 10.7. The lowest BCUT2D eigenvalue weighted by molar-refractivity contribution is -0.139. The third kappa shape index (κ3) is 4.04. The van der Waals surface area contributed by atoms with Crippen LogP contribution in [0.4, 0.5) is 17.6 Å². The molecule has 2 aromatic carbocycles. The maximum atomic E-state index is 13.0. The summed E-state index contributed by atoms with van der Waals surface area (Å²) in [5, 5.41) is 10.1. The Bertz CT molecular complexity index is 623. The lowest BCUT2D eigenvalue weighted by Gasteiger charge is -2.18. The highest BCUT2D eigenvalue weighted by Gasteiger charge is 2.35. The van der Waals surface area contributed by atoms with Crippen molar-refractivity contribution in [2.24, 2.45) is 0 Å². The molecule has 2 aromatic rings. The largest absolute Gasteiger partial charge is 0.416 e. The van der Waals surface area contributed by atoms with Crippen LogP contribution in [0.15, 0.2) is 46.9 Å². The molecule has 1 unspecified atom stereocenters. The van der Waals surface area contributed by atoms with Crippen molar-refractivity contribution in [2.45, 2.75) is 18.7 Å². The van der Waals surface area contributed by atoms with Crippen molar-refractivity contribution in [3.05, 3.63) is 69.4 Å². The lowest BCUT2D eigenvalue weighted by Crippen LogP contribution is -2.13. The molecular formula is C15H11BrF4O. The van der Waals surface area contributed by atoms with E-state index in [0.717, 1.165) is 6.07 Å². The van der Waals surface area contributed by atoms with Crippen LogP contribution in [-0.2, 0) is 12.6 Å². The van der Waals surface area contributed by atoms with E-state index in [1.807, 2.05) is 0 Å². The second-order valence-corrected chi connectivity index (χ2v) is 5.49. The van der Waals surface area contributed by atoms with E-state index in [2.05, 4.69) is 15.9 Å². The van der Waals surface area contributed by atoms with Gasteiger partial charge in [0.05, 0.1) is 11.7 Å². The highest BCUT2D eigenvalue weighted by atomic mass is 79.9. The Hall–Kier alpha value is -1.40. The average Bonchev–Trinajstić information content (AvgIpc) is 2.40. The predicted octanol–water partition coefficient (Wildman–Crippen LogP) is 4.88. The molecule has 1 nitrogen and oxygen atoms in total. The first-order valence-corrected chi connectivity index (χ1v) is 6.86. The molecule has 0 radical (unpaired) electrons. The molecule has 0 saturated heterocycles. The van der Waals surface area contributed by atoms with E-state index < -0.39 is 23.7 Å². The molecule has 21 heavy (non-hydrogen) atoms. The summed E-state index contributed by atoms with van der Waals surface area (Å²) in [6.07, 6.45) is -5.89. The minimum atomic E-state index is -4.55. The number of benzene rings is 2. The van der Waals surface area contributed by atoms with Gasteiger partial charge in [0.1, 0.15) is 5.82 Å². The van der Waals surface area contributed by atoms with Crippen LogP contribution < -0.4 is 0 Å². The molecule has 0 spiro atoms. The molecule has 0 saturated carbocycles. The first-order valence-electron chi connectivity index (χ1n) is 6.06. The maximum absolute atomic E-state index is 13.0. The van der Waals surface area contributed by atoms with Gasteiger partial charge < -0.3 is 5.11 Å². The standard InChI is InChI=1S/C15H11BrF4O/c16-10-3-6-12(13(8-10)15(18,19)20)14(21)7-9-1-4-11(17)5-2-9/h1-6,8,14,21H,7H2. The molecule has 1 N–H and O–H groups in total. The SMILES string of the molecule is OC(Cc1ccc(F)cc1)c1ccc(Br)cc1C(F)(F)F. The summed E-state index contributed by atoms with van der Waals surface area (Å²) in [5.74, 6) is -0.437. The van der Waals surface area contributed by atoms with Gasteiger partial charge in [-0.1, -0.05) is 34.1 Å². The molecule has 0 heterocycles. The van der Waals surface area contributed by atoms with Gasteiger partial charge >= 0.3 is 6.18 Å². The van der Waals surface area contributed by atoms with Crippen molar-refractivity contribution in [3.8, 4) is 0 Å².